The standard InChI is InChI=1S/C27H22F3N3O4S2/c1-14-9-22-24(16(3)31-14)25(18-5-4-6-19(12-18)27(28,29)30)32-33(22)13-17-7-8-20(23(34)11-17)21-10-15(2)38-26(21)39(35,36)37/h4-12,34H,13H2,1-3H3,(H,35,36,37). The molecule has 0 saturated heterocycles. The molecule has 7 nitrogen and oxygen atoms in total. The molecule has 202 valence electrons. The second-order valence-corrected chi connectivity index (χ2v) is 12.1. The van der Waals surface area contributed by atoms with Gasteiger partial charge in [0.25, 0.3) is 0 Å². The minimum atomic E-state index is -4.51. The molecule has 5 aromatic rings. The fourth-order valence-corrected chi connectivity index (χ4v) is 6.65. The van der Waals surface area contributed by atoms with Crippen LogP contribution in [0.5, 0.6) is 5.75 Å². The average Bonchev–Trinajstić information content (AvgIpc) is 3.40. The Bertz CT molecular complexity index is 1860. The zero-order valence-corrected chi connectivity index (χ0v) is 22.5. The lowest BCUT2D eigenvalue weighted by Gasteiger charge is -2.09. The monoisotopic (exact) mass is 573 g/mol. The lowest BCUT2D eigenvalue weighted by Crippen LogP contribution is -2.05. The van der Waals surface area contributed by atoms with Gasteiger partial charge in [-0.25, -0.2) is 0 Å². The number of aryl methyl sites for hydroxylation is 3. The number of benzene rings is 2. The van der Waals surface area contributed by atoms with Gasteiger partial charge in [0.2, 0.25) is 0 Å². The SMILES string of the molecule is Cc1cc2c(c(C)n1)c(-c1cccc(C(F)(F)F)c1)nn2Cc1ccc(-c2cc(C)sc2S(=O)(=O)O)c(O)c1. The molecule has 0 atom stereocenters. The maximum atomic E-state index is 13.4. The summed E-state index contributed by atoms with van der Waals surface area (Å²) >= 11 is 0.899. The van der Waals surface area contributed by atoms with Crippen molar-refractivity contribution < 1.29 is 31.2 Å². The Labute approximate surface area is 225 Å². The van der Waals surface area contributed by atoms with Gasteiger partial charge in [-0.15, -0.1) is 11.3 Å². The first-order chi connectivity index (χ1) is 18.2. The van der Waals surface area contributed by atoms with Gasteiger partial charge in [-0.05, 0) is 56.7 Å². The molecule has 0 bridgehead atoms. The summed E-state index contributed by atoms with van der Waals surface area (Å²) in [6, 6.07) is 13.0. The molecular formula is C27H22F3N3O4S2. The Kier molecular flexibility index (Phi) is 6.52. The third-order valence-electron chi connectivity index (χ3n) is 6.25. The summed E-state index contributed by atoms with van der Waals surface area (Å²) in [5.41, 5.74) is 2.91. The van der Waals surface area contributed by atoms with Crippen molar-refractivity contribution in [2.45, 2.75) is 37.7 Å². The van der Waals surface area contributed by atoms with Gasteiger partial charge in [0.15, 0.2) is 4.21 Å². The smallest absolute Gasteiger partial charge is 0.416 e. The topological polar surface area (TPSA) is 105 Å². The highest BCUT2D eigenvalue weighted by Crippen LogP contribution is 2.40. The third kappa shape index (κ3) is 5.14. The van der Waals surface area contributed by atoms with Crippen molar-refractivity contribution in [2.24, 2.45) is 0 Å². The summed E-state index contributed by atoms with van der Waals surface area (Å²) < 4.78 is 74.9. The molecule has 0 radical (unpaired) electrons. The predicted molar refractivity (Wildman–Crippen MR) is 143 cm³/mol. The molecule has 0 fully saturated rings. The molecule has 5 rings (SSSR count). The number of aromatic hydroxyl groups is 1. The van der Waals surface area contributed by atoms with E-state index in [4.69, 9.17) is 0 Å². The van der Waals surface area contributed by atoms with Crippen LogP contribution < -0.4 is 0 Å². The lowest BCUT2D eigenvalue weighted by atomic mass is 10.0. The molecule has 2 N–H and O–H groups in total. The summed E-state index contributed by atoms with van der Waals surface area (Å²) in [4.78, 5) is 5.13. The first-order valence-electron chi connectivity index (χ1n) is 11.6. The van der Waals surface area contributed by atoms with E-state index in [2.05, 4.69) is 10.1 Å². The van der Waals surface area contributed by atoms with E-state index in [0.717, 1.165) is 23.5 Å². The van der Waals surface area contributed by atoms with Crippen LogP contribution in [-0.2, 0) is 22.8 Å². The van der Waals surface area contributed by atoms with E-state index in [9.17, 15) is 31.2 Å². The van der Waals surface area contributed by atoms with Gasteiger partial charge in [-0.2, -0.15) is 26.7 Å². The number of hydrogen-bond donors (Lipinski definition) is 2. The van der Waals surface area contributed by atoms with Gasteiger partial charge in [0.05, 0.1) is 17.6 Å². The third-order valence-corrected chi connectivity index (χ3v) is 8.66. The van der Waals surface area contributed by atoms with Crippen molar-refractivity contribution in [1.29, 1.82) is 0 Å². The zero-order chi connectivity index (χ0) is 28.3. The summed E-state index contributed by atoms with van der Waals surface area (Å²) in [5.74, 6) is -0.196. The van der Waals surface area contributed by atoms with Gasteiger partial charge in [0.1, 0.15) is 11.4 Å². The number of rotatable bonds is 5. The van der Waals surface area contributed by atoms with Gasteiger partial charge < -0.3 is 5.11 Å². The molecule has 0 saturated carbocycles. The molecule has 0 spiro atoms. The molecule has 0 aliphatic heterocycles. The molecule has 0 aliphatic rings. The number of aromatic nitrogens is 3. The number of phenols is 1. The average molecular weight is 574 g/mol. The van der Waals surface area contributed by atoms with E-state index in [1.165, 1.54) is 12.1 Å². The minimum Gasteiger partial charge on any atom is -0.507 e. The number of fused-ring (bicyclic) bond motifs is 1. The Morgan fingerprint density at radius 2 is 1.74 bits per heavy atom. The fraction of sp³-hybridized carbons (Fsp3) is 0.185. The molecule has 12 heteroatoms. The number of phenolic OH excluding ortho intramolecular Hbond substituents is 1. The predicted octanol–water partition coefficient (Wildman–Crippen LogP) is 6.77. The Balaban J connectivity index is 1.60. The van der Waals surface area contributed by atoms with Gasteiger partial charge in [0, 0.05) is 38.3 Å². The molecule has 0 amide bonds. The van der Waals surface area contributed by atoms with E-state index in [-0.39, 0.29) is 27.6 Å². The summed E-state index contributed by atoms with van der Waals surface area (Å²) in [6.07, 6.45) is -4.51. The van der Waals surface area contributed by atoms with Crippen molar-refractivity contribution in [3.63, 3.8) is 0 Å². The first-order valence-corrected chi connectivity index (χ1v) is 13.9. The molecule has 0 unspecified atom stereocenters. The largest absolute Gasteiger partial charge is 0.507 e. The summed E-state index contributed by atoms with van der Waals surface area (Å²) in [7, 11) is -4.49. The molecule has 3 heterocycles. The van der Waals surface area contributed by atoms with Crippen LogP contribution in [0.2, 0.25) is 0 Å². The highest BCUT2D eigenvalue weighted by molar-refractivity contribution is 7.88. The Morgan fingerprint density at radius 3 is 2.41 bits per heavy atom. The number of hydrogen-bond acceptors (Lipinski definition) is 6. The second kappa shape index (κ2) is 9.47. The maximum absolute atomic E-state index is 13.4. The van der Waals surface area contributed by atoms with E-state index >= 15 is 0 Å². The van der Waals surface area contributed by atoms with Crippen LogP contribution in [0.4, 0.5) is 13.2 Å². The Morgan fingerprint density at radius 1 is 1.00 bits per heavy atom. The second-order valence-electron chi connectivity index (χ2n) is 9.21. The van der Waals surface area contributed by atoms with Crippen LogP contribution in [0.1, 0.15) is 27.4 Å². The first kappa shape index (κ1) is 26.9. The highest BCUT2D eigenvalue weighted by atomic mass is 32.3. The number of halogens is 3. The normalized spacial score (nSPS) is 12.4. The van der Waals surface area contributed by atoms with Gasteiger partial charge in [-0.3, -0.25) is 14.2 Å². The van der Waals surface area contributed by atoms with Crippen molar-refractivity contribution >= 4 is 32.4 Å². The number of thiophene rings is 1. The maximum Gasteiger partial charge on any atom is 0.416 e. The van der Waals surface area contributed by atoms with Gasteiger partial charge in [-0.1, -0.05) is 24.3 Å². The molecule has 39 heavy (non-hydrogen) atoms. The fourth-order valence-electron chi connectivity index (χ4n) is 4.64. The van der Waals surface area contributed by atoms with Crippen molar-refractivity contribution in [1.82, 2.24) is 14.8 Å². The minimum absolute atomic E-state index is 0.167. The van der Waals surface area contributed by atoms with E-state index in [1.807, 2.05) is 6.92 Å². The summed E-state index contributed by atoms with van der Waals surface area (Å²) in [6.45, 7) is 5.44. The number of pyridine rings is 1. The van der Waals surface area contributed by atoms with Crippen LogP contribution in [0, 0.1) is 20.8 Å². The molecular weight excluding hydrogens is 551 g/mol. The van der Waals surface area contributed by atoms with Crippen LogP contribution in [-0.4, -0.2) is 32.8 Å². The van der Waals surface area contributed by atoms with Crippen molar-refractivity contribution in [3.05, 3.63) is 82.0 Å². The summed E-state index contributed by atoms with van der Waals surface area (Å²) in [5, 5.41) is 16.1. The molecule has 0 aliphatic carbocycles. The number of nitrogens with zero attached hydrogens (tertiary/aromatic N) is 3. The highest BCUT2D eigenvalue weighted by Gasteiger charge is 2.31. The van der Waals surface area contributed by atoms with Crippen LogP contribution in [0.3, 0.4) is 0 Å². The van der Waals surface area contributed by atoms with Crippen molar-refractivity contribution in [3.8, 4) is 28.1 Å². The van der Waals surface area contributed by atoms with Crippen LogP contribution >= 0.6 is 11.3 Å². The lowest BCUT2D eigenvalue weighted by molar-refractivity contribution is -0.137. The Hall–Kier alpha value is -3.74. The van der Waals surface area contributed by atoms with Crippen LogP contribution in [0.25, 0.3) is 33.3 Å². The van der Waals surface area contributed by atoms with E-state index in [0.29, 0.717) is 44.0 Å². The van der Waals surface area contributed by atoms with E-state index < -0.39 is 21.9 Å². The van der Waals surface area contributed by atoms with Crippen LogP contribution in [0.15, 0.2) is 58.8 Å². The number of alkyl halides is 3. The van der Waals surface area contributed by atoms with Crippen molar-refractivity contribution in [2.75, 3.05) is 0 Å². The zero-order valence-electron chi connectivity index (χ0n) is 20.9. The van der Waals surface area contributed by atoms with E-state index in [1.54, 1.807) is 48.9 Å². The quantitative estimate of drug-likeness (QED) is 0.225. The van der Waals surface area contributed by atoms with Gasteiger partial charge >= 0.3 is 16.3 Å². The molecule has 3 aromatic heterocycles. The molecule has 2 aromatic carbocycles.